The van der Waals surface area contributed by atoms with Crippen molar-refractivity contribution in [2.24, 2.45) is 0 Å². The van der Waals surface area contributed by atoms with Gasteiger partial charge in [0.05, 0.1) is 25.4 Å². The molecule has 144 valence electrons. The second kappa shape index (κ2) is 6.53. The molecule has 0 aromatic carbocycles. The number of rotatable bonds is 6. The third-order valence-corrected chi connectivity index (χ3v) is 5.44. The van der Waals surface area contributed by atoms with Crippen molar-refractivity contribution in [3.8, 4) is 22.9 Å². The molecular weight excluding hydrogens is 354 g/mol. The average molecular weight is 377 g/mol. The maximum absolute atomic E-state index is 5.47. The molecule has 0 unspecified atom stereocenters. The van der Waals surface area contributed by atoms with Crippen molar-refractivity contribution >= 4 is 22.1 Å². The zero-order valence-corrected chi connectivity index (χ0v) is 16.2. The minimum Gasteiger partial charge on any atom is -0.491 e. The predicted octanol–water partition coefficient (Wildman–Crippen LogP) is 3.68. The van der Waals surface area contributed by atoms with Crippen LogP contribution in [0.4, 0.5) is 0 Å². The van der Waals surface area contributed by atoms with Crippen LogP contribution in [0.15, 0.2) is 24.5 Å². The molecule has 0 bridgehead atoms. The summed E-state index contributed by atoms with van der Waals surface area (Å²) in [6.45, 7) is 2.86. The summed E-state index contributed by atoms with van der Waals surface area (Å²) in [6, 6.07) is 4.91. The number of ether oxygens (including phenoxy) is 2. The van der Waals surface area contributed by atoms with E-state index in [-0.39, 0.29) is 0 Å². The van der Waals surface area contributed by atoms with Crippen LogP contribution in [-0.4, -0.2) is 40.2 Å². The van der Waals surface area contributed by atoms with Crippen LogP contribution < -0.4 is 14.8 Å². The Hall–Kier alpha value is -3.06. The highest BCUT2D eigenvalue weighted by Crippen LogP contribution is 2.38. The van der Waals surface area contributed by atoms with Crippen molar-refractivity contribution in [3.05, 3.63) is 35.7 Å². The zero-order valence-electron chi connectivity index (χ0n) is 16.2. The number of nitrogens with zero attached hydrogens (tertiary/aromatic N) is 2. The van der Waals surface area contributed by atoms with Gasteiger partial charge in [-0.15, -0.1) is 0 Å². The summed E-state index contributed by atoms with van der Waals surface area (Å²) in [7, 11) is 3.23. The van der Waals surface area contributed by atoms with Gasteiger partial charge in [-0.2, -0.15) is 0 Å². The van der Waals surface area contributed by atoms with Crippen molar-refractivity contribution in [2.45, 2.75) is 32.4 Å². The minimum atomic E-state index is 0.483. The van der Waals surface area contributed by atoms with Gasteiger partial charge in [0.25, 0.3) is 5.88 Å². The van der Waals surface area contributed by atoms with E-state index in [0.717, 1.165) is 45.4 Å². The van der Waals surface area contributed by atoms with E-state index in [4.69, 9.17) is 14.5 Å². The monoisotopic (exact) mass is 377 g/mol. The number of aromatic amines is 2. The fourth-order valence-corrected chi connectivity index (χ4v) is 3.75. The van der Waals surface area contributed by atoms with Crippen molar-refractivity contribution < 1.29 is 9.47 Å². The Morgan fingerprint density at radius 3 is 2.86 bits per heavy atom. The predicted molar refractivity (Wildman–Crippen MR) is 109 cm³/mol. The average Bonchev–Trinajstić information content (AvgIpc) is 3.27. The van der Waals surface area contributed by atoms with Gasteiger partial charge in [0.2, 0.25) is 0 Å². The fraction of sp³-hybridized carbons (Fsp3) is 0.333. The third kappa shape index (κ3) is 2.70. The molecule has 1 saturated carbocycles. The largest absolute Gasteiger partial charge is 0.491 e. The summed E-state index contributed by atoms with van der Waals surface area (Å²) >= 11 is 0. The van der Waals surface area contributed by atoms with Crippen LogP contribution >= 0.6 is 0 Å². The maximum Gasteiger partial charge on any atom is 0.257 e. The number of methoxy groups -OCH3 is 2. The van der Waals surface area contributed by atoms with Crippen LogP contribution in [0.25, 0.3) is 33.3 Å². The number of fused-ring (bicyclic) bond motifs is 2. The van der Waals surface area contributed by atoms with Gasteiger partial charge in [-0.1, -0.05) is 0 Å². The van der Waals surface area contributed by atoms with Gasteiger partial charge in [0.15, 0.2) is 5.75 Å². The van der Waals surface area contributed by atoms with Crippen LogP contribution in [0.5, 0.6) is 11.6 Å². The number of aryl methyl sites for hydroxylation is 1. The van der Waals surface area contributed by atoms with E-state index in [9.17, 15) is 0 Å². The fourth-order valence-electron chi connectivity index (χ4n) is 3.75. The van der Waals surface area contributed by atoms with E-state index in [2.05, 4.69) is 32.4 Å². The van der Waals surface area contributed by atoms with E-state index in [1.54, 1.807) is 14.2 Å². The van der Waals surface area contributed by atoms with Gasteiger partial charge in [-0.25, -0.2) is 9.97 Å². The van der Waals surface area contributed by atoms with Crippen molar-refractivity contribution in [1.29, 1.82) is 0 Å². The molecule has 0 aliphatic heterocycles. The Labute approximate surface area is 162 Å². The summed E-state index contributed by atoms with van der Waals surface area (Å²) < 4.78 is 10.9. The Kier molecular flexibility index (Phi) is 3.98. The van der Waals surface area contributed by atoms with Crippen LogP contribution in [0.2, 0.25) is 0 Å². The lowest BCUT2D eigenvalue weighted by Gasteiger charge is -2.10. The smallest absolute Gasteiger partial charge is 0.257 e. The van der Waals surface area contributed by atoms with Crippen LogP contribution in [0.1, 0.15) is 24.0 Å². The molecule has 1 aliphatic rings. The lowest BCUT2D eigenvalue weighted by atomic mass is 10.1. The first-order valence-corrected chi connectivity index (χ1v) is 9.49. The van der Waals surface area contributed by atoms with Crippen molar-refractivity contribution in [2.75, 3.05) is 14.2 Å². The van der Waals surface area contributed by atoms with Crippen molar-refractivity contribution in [3.63, 3.8) is 0 Å². The SMILES string of the molecule is COc1nc2c(-c3cc4c(CNC5CC5)ccnc4[nH]3)c[nH]c2c(C)c1OC. The van der Waals surface area contributed by atoms with Gasteiger partial charge in [0.1, 0.15) is 11.2 Å². The Morgan fingerprint density at radius 1 is 1.25 bits per heavy atom. The van der Waals surface area contributed by atoms with Gasteiger partial charge >= 0.3 is 0 Å². The summed E-state index contributed by atoms with van der Waals surface area (Å²) in [5.74, 6) is 1.13. The number of pyridine rings is 2. The molecule has 3 N–H and O–H groups in total. The van der Waals surface area contributed by atoms with E-state index in [1.165, 1.54) is 18.4 Å². The van der Waals surface area contributed by atoms with E-state index in [0.29, 0.717) is 17.7 Å². The first-order valence-electron chi connectivity index (χ1n) is 9.49. The molecule has 7 nitrogen and oxygen atoms in total. The van der Waals surface area contributed by atoms with Crippen LogP contribution in [0, 0.1) is 6.92 Å². The van der Waals surface area contributed by atoms with Crippen LogP contribution in [-0.2, 0) is 6.54 Å². The first-order chi connectivity index (χ1) is 13.7. The molecule has 7 heteroatoms. The second-order valence-electron chi connectivity index (χ2n) is 7.28. The third-order valence-electron chi connectivity index (χ3n) is 5.44. The molecule has 4 aromatic heterocycles. The zero-order chi connectivity index (χ0) is 19.3. The maximum atomic E-state index is 5.47. The summed E-state index contributed by atoms with van der Waals surface area (Å²) in [4.78, 5) is 16.0. The van der Waals surface area contributed by atoms with Gasteiger partial charge in [-0.05, 0) is 37.5 Å². The second-order valence-corrected chi connectivity index (χ2v) is 7.28. The molecule has 28 heavy (non-hydrogen) atoms. The number of hydrogen-bond donors (Lipinski definition) is 3. The molecule has 1 fully saturated rings. The van der Waals surface area contributed by atoms with Gasteiger partial charge < -0.3 is 24.8 Å². The number of hydrogen-bond acceptors (Lipinski definition) is 5. The summed E-state index contributed by atoms with van der Waals surface area (Å²) in [6.07, 6.45) is 6.38. The molecule has 4 aromatic rings. The number of nitrogens with one attached hydrogen (secondary N) is 3. The Bertz CT molecular complexity index is 1170. The highest BCUT2D eigenvalue weighted by Gasteiger charge is 2.21. The minimum absolute atomic E-state index is 0.483. The summed E-state index contributed by atoms with van der Waals surface area (Å²) in [5, 5.41) is 4.72. The van der Waals surface area contributed by atoms with E-state index in [1.807, 2.05) is 19.3 Å². The normalized spacial score (nSPS) is 14.1. The summed E-state index contributed by atoms with van der Waals surface area (Å²) in [5.41, 5.74) is 6.86. The molecule has 4 heterocycles. The Morgan fingerprint density at radius 2 is 2.11 bits per heavy atom. The molecule has 1 aliphatic carbocycles. The molecule has 0 radical (unpaired) electrons. The Balaban J connectivity index is 1.62. The standard InChI is InChI=1S/C21H23N5O2/c1-11-17-18(26-21(28-3)19(11)27-2)15(10-24-17)16-8-14-12(9-23-13-4-5-13)6-7-22-20(14)25-16/h6-8,10,13,23-24H,4-5,9H2,1-3H3,(H,22,25). The lowest BCUT2D eigenvalue weighted by molar-refractivity contribution is 0.343. The van der Waals surface area contributed by atoms with Gasteiger partial charge in [-0.3, -0.25) is 0 Å². The quantitative estimate of drug-likeness (QED) is 0.477. The molecule has 0 spiro atoms. The van der Waals surface area contributed by atoms with Crippen LogP contribution in [0.3, 0.4) is 0 Å². The number of aromatic nitrogens is 4. The highest BCUT2D eigenvalue weighted by molar-refractivity contribution is 5.97. The molecule has 0 amide bonds. The molecule has 0 saturated heterocycles. The molecular formula is C21H23N5O2. The molecule has 5 rings (SSSR count). The first kappa shape index (κ1) is 17.1. The number of H-pyrrole nitrogens is 2. The van der Waals surface area contributed by atoms with Crippen molar-refractivity contribution in [1.82, 2.24) is 25.3 Å². The van der Waals surface area contributed by atoms with Gasteiger partial charge in [0, 0.05) is 41.5 Å². The highest BCUT2D eigenvalue weighted by atomic mass is 16.5. The van der Waals surface area contributed by atoms with E-state index < -0.39 is 0 Å². The lowest BCUT2D eigenvalue weighted by Crippen LogP contribution is -2.15. The topological polar surface area (TPSA) is 87.9 Å². The van der Waals surface area contributed by atoms with E-state index >= 15 is 0 Å². The molecule has 0 atom stereocenters.